The van der Waals surface area contributed by atoms with Crippen molar-refractivity contribution in [2.24, 2.45) is 5.92 Å². The van der Waals surface area contributed by atoms with E-state index >= 15 is 0 Å². The minimum absolute atomic E-state index is 0.142. The molecular weight excluding hydrogens is 202 g/mol. The minimum atomic E-state index is 0.142. The number of likely N-dealkylation sites (N-methyl/N-ethyl adjacent to an activating group) is 1. The molecule has 4 nitrogen and oxygen atoms in total. The molecule has 0 aliphatic heterocycles. The zero-order valence-electron chi connectivity index (χ0n) is 10.3. The van der Waals surface area contributed by atoms with E-state index in [1.807, 2.05) is 28.6 Å². The van der Waals surface area contributed by atoms with E-state index < -0.39 is 0 Å². The van der Waals surface area contributed by atoms with E-state index in [0.29, 0.717) is 18.0 Å². The average molecular weight is 223 g/mol. The van der Waals surface area contributed by atoms with E-state index in [0.717, 1.165) is 19.4 Å². The maximum atomic E-state index is 12.0. The lowest BCUT2D eigenvalue weighted by molar-refractivity contribution is 0.371. The molecule has 1 aliphatic rings. The van der Waals surface area contributed by atoms with Crippen LogP contribution in [0.25, 0.3) is 0 Å². The van der Waals surface area contributed by atoms with Crippen molar-refractivity contribution < 1.29 is 0 Å². The molecule has 1 aliphatic carbocycles. The Balaban J connectivity index is 2.12. The van der Waals surface area contributed by atoms with Gasteiger partial charge in [0.05, 0.1) is 0 Å². The second kappa shape index (κ2) is 4.45. The van der Waals surface area contributed by atoms with Gasteiger partial charge in [-0.05, 0) is 25.8 Å². The van der Waals surface area contributed by atoms with Crippen LogP contribution in [-0.4, -0.2) is 22.2 Å². The standard InChI is InChI=1S/C12H21N3O/c1-9(2)11(13-3)8-14-6-7-15(12(14)16)10-4-5-10/h6-7,9-11,13H,4-5,8H2,1-3H3. The highest BCUT2D eigenvalue weighted by molar-refractivity contribution is 4.92. The fraction of sp³-hybridized carbons (Fsp3) is 0.750. The molecule has 1 aromatic heterocycles. The van der Waals surface area contributed by atoms with Crippen molar-refractivity contribution in [1.29, 1.82) is 0 Å². The highest BCUT2D eigenvalue weighted by atomic mass is 16.1. The van der Waals surface area contributed by atoms with Gasteiger partial charge in [-0.25, -0.2) is 4.79 Å². The van der Waals surface area contributed by atoms with Crippen LogP contribution in [0.15, 0.2) is 17.2 Å². The van der Waals surface area contributed by atoms with Crippen LogP contribution >= 0.6 is 0 Å². The number of nitrogens with zero attached hydrogens (tertiary/aromatic N) is 2. The first-order valence-corrected chi connectivity index (χ1v) is 6.08. The van der Waals surface area contributed by atoms with E-state index in [9.17, 15) is 4.79 Å². The number of hydrogen-bond acceptors (Lipinski definition) is 2. The van der Waals surface area contributed by atoms with Crippen molar-refractivity contribution in [3.8, 4) is 0 Å². The summed E-state index contributed by atoms with van der Waals surface area (Å²) in [5.74, 6) is 0.529. The SMILES string of the molecule is CNC(Cn1ccn(C2CC2)c1=O)C(C)C. The van der Waals surface area contributed by atoms with Crippen LogP contribution in [-0.2, 0) is 6.54 Å². The van der Waals surface area contributed by atoms with Gasteiger partial charge in [-0.2, -0.15) is 0 Å². The lowest BCUT2D eigenvalue weighted by atomic mass is 10.1. The van der Waals surface area contributed by atoms with Gasteiger partial charge >= 0.3 is 5.69 Å². The smallest absolute Gasteiger partial charge is 0.315 e. The topological polar surface area (TPSA) is 39.0 Å². The maximum absolute atomic E-state index is 12.0. The van der Waals surface area contributed by atoms with Crippen LogP contribution in [0, 0.1) is 5.92 Å². The molecule has 1 fully saturated rings. The van der Waals surface area contributed by atoms with Crippen molar-refractivity contribution in [3.05, 3.63) is 22.9 Å². The number of aromatic nitrogens is 2. The third kappa shape index (κ3) is 2.21. The summed E-state index contributed by atoms with van der Waals surface area (Å²) in [5.41, 5.74) is 0.142. The molecule has 1 N–H and O–H groups in total. The summed E-state index contributed by atoms with van der Waals surface area (Å²) in [6.07, 6.45) is 6.15. The summed E-state index contributed by atoms with van der Waals surface area (Å²) in [4.78, 5) is 12.0. The number of rotatable bonds is 5. The van der Waals surface area contributed by atoms with Gasteiger partial charge in [0.2, 0.25) is 0 Å². The van der Waals surface area contributed by atoms with Gasteiger partial charge in [-0.1, -0.05) is 13.8 Å². The van der Waals surface area contributed by atoms with Crippen molar-refractivity contribution in [2.75, 3.05) is 7.05 Å². The summed E-state index contributed by atoms with van der Waals surface area (Å²) in [7, 11) is 1.95. The predicted molar refractivity (Wildman–Crippen MR) is 64.6 cm³/mol. The van der Waals surface area contributed by atoms with Crippen molar-refractivity contribution in [3.63, 3.8) is 0 Å². The molecule has 1 aromatic rings. The summed E-state index contributed by atoms with van der Waals surface area (Å²) in [6, 6.07) is 0.827. The molecule has 16 heavy (non-hydrogen) atoms. The summed E-state index contributed by atoms with van der Waals surface area (Å²) in [6.45, 7) is 5.10. The molecule has 1 saturated carbocycles. The fourth-order valence-electron chi connectivity index (χ4n) is 2.05. The molecule has 0 bridgehead atoms. The van der Waals surface area contributed by atoms with Gasteiger partial charge in [-0.15, -0.1) is 0 Å². The number of imidazole rings is 1. The van der Waals surface area contributed by atoms with E-state index in [2.05, 4.69) is 19.2 Å². The monoisotopic (exact) mass is 223 g/mol. The van der Waals surface area contributed by atoms with Crippen LogP contribution in [0.4, 0.5) is 0 Å². The molecule has 0 spiro atoms. The first-order chi connectivity index (χ1) is 7.63. The molecule has 0 amide bonds. The Hall–Kier alpha value is -1.03. The zero-order valence-corrected chi connectivity index (χ0v) is 10.3. The Bertz CT molecular complexity index is 401. The van der Waals surface area contributed by atoms with Gasteiger partial charge in [0.15, 0.2) is 0 Å². The normalized spacial score (nSPS) is 18.0. The van der Waals surface area contributed by atoms with Gasteiger partial charge in [0.25, 0.3) is 0 Å². The molecule has 0 saturated heterocycles. The van der Waals surface area contributed by atoms with Crippen LogP contribution in [0.3, 0.4) is 0 Å². The van der Waals surface area contributed by atoms with Crippen LogP contribution in [0.5, 0.6) is 0 Å². The lowest BCUT2D eigenvalue weighted by Gasteiger charge is -2.19. The second-order valence-electron chi connectivity index (χ2n) is 5.01. The number of hydrogen-bond donors (Lipinski definition) is 1. The maximum Gasteiger partial charge on any atom is 0.328 e. The van der Waals surface area contributed by atoms with Crippen LogP contribution in [0.2, 0.25) is 0 Å². The van der Waals surface area contributed by atoms with Crippen LogP contribution in [0.1, 0.15) is 32.7 Å². The van der Waals surface area contributed by atoms with E-state index in [1.54, 1.807) is 0 Å². The van der Waals surface area contributed by atoms with Gasteiger partial charge in [0, 0.05) is 31.0 Å². The Morgan fingerprint density at radius 1 is 1.44 bits per heavy atom. The van der Waals surface area contributed by atoms with Gasteiger partial charge in [0.1, 0.15) is 0 Å². The molecule has 90 valence electrons. The summed E-state index contributed by atoms with van der Waals surface area (Å²) < 4.78 is 3.69. The molecule has 4 heteroatoms. The second-order valence-corrected chi connectivity index (χ2v) is 5.01. The third-order valence-electron chi connectivity index (χ3n) is 3.38. The quantitative estimate of drug-likeness (QED) is 0.815. The highest BCUT2D eigenvalue weighted by Gasteiger charge is 2.26. The lowest BCUT2D eigenvalue weighted by Crippen LogP contribution is -2.38. The molecule has 0 radical (unpaired) electrons. The van der Waals surface area contributed by atoms with Gasteiger partial charge in [-0.3, -0.25) is 9.13 Å². The van der Waals surface area contributed by atoms with Gasteiger partial charge < -0.3 is 5.32 Å². The van der Waals surface area contributed by atoms with Crippen LogP contribution < -0.4 is 11.0 Å². The average Bonchev–Trinajstić information content (AvgIpc) is 3.01. The molecule has 1 heterocycles. The Labute approximate surface area is 96.3 Å². The minimum Gasteiger partial charge on any atom is -0.315 e. The van der Waals surface area contributed by atoms with Crippen molar-refractivity contribution in [1.82, 2.24) is 14.5 Å². The van der Waals surface area contributed by atoms with Crippen molar-refractivity contribution in [2.45, 2.75) is 45.3 Å². The summed E-state index contributed by atoms with van der Waals surface area (Å²) >= 11 is 0. The Kier molecular flexibility index (Phi) is 3.19. The predicted octanol–water partition coefficient (Wildman–Crippen LogP) is 1.23. The molecule has 0 aromatic carbocycles. The molecular formula is C12H21N3O. The third-order valence-corrected chi connectivity index (χ3v) is 3.38. The molecule has 1 unspecified atom stereocenters. The Morgan fingerprint density at radius 3 is 2.62 bits per heavy atom. The zero-order chi connectivity index (χ0) is 11.7. The van der Waals surface area contributed by atoms with E-state index in [1.165, 1.54) is 0 Å². The Morgan fingerprint density at radius 2 is 2.12 bits per heavy atom. The van der Waals surface area contributed by atoms with E-state index in [-0.39, 0.29) is 5.69 Å². The molecule has 1 atom stereocenters. The largest absolute Gasteiger partial charge is 0.328 e. The van der Waals surface area contributed by atoms with E-state index in [4.69, 9.17) is 0 Å². The highest BCUT2D eigenvalue weighted by Crippen LogP contribution is 2.33. The molecule has 2 rings (SSSR count). The number of nitrogens with one attached hydrogen (secondary N) is 1. The first kappa shape index (κ1) is 11.5. The van der Waals surface area contributed by atoms with Crippen molar-refractivity contribution >= 4 is 0 Å². The fourth-order valence-corrected chi connectivity index (χ4v) is 2.05. The first-order valence-electron chi connectivity index (χ1n) is 6.08. The summed E-state index contributed by atoms with van der Waals surface area (Å²) in [5, 5.41) is 3.26.